The molecule has 4 aromatic rings. The Morgan fingerprint density at radius 2 is 1.61 bits per heavy atom. The van der Waals surface area contributed by atoms with Crippen LogP contribution in [0.15, 0.2) is 66.7 Å². The van der Waals surface area contributed by atoms with Gasteiger partial charge in [0.25, 0.3) is 0 Å². The maximum absolute atomic E-state index is 8.93. The Bertz CT molecular complexity index is 1300. The molecule has 1 heterocycles. The highest BCUT2D eigenvalue weighted by Gasteiger charge is 2.38. The highest BCUT2D eigenvalue weighted by molar-refractivity contribution is 6.02. The van der Waals surface area contributed by atoms with Crippen LogP contribution in [0.4, 0.5) is 0 Å². The summed E-state index contributed by atoms with van der Waals surface area (Å²) in [6, 6.07) is 22.4. The summed E-state index contributed by atoms with van der Waals surface area (Å²) in [5.41, 5.74) is 9.79. The van der Waals surface area contributed by atoms with Gasteiger partial charge in [0.15, 0.2) is 5.69 Å². The molecule has 0 aliphatic heterocycles. The molecule has 0 radical (unpaired) electrons. The van der Waals surface area contributed by atoms with Crippen LogP contribution in [0.1, 0.15) is 37.6 Å². The van der Waals surface area contributed by atoms with Crippen molar-refractivity contribution in [3.8, 4) is 22.4 Å². The van der Waals surface area contributed by atoms with E-state index < -0.39 is 0 Å². The number of hydrogen-bond acceptors (Lipinski definition) is 0. The fourth-order valence-corrected chi connectivity index (χ4v) is 4.84. The molecule has 0 fully saturated rings. The molecule has 0 N–H and O–H groups in total. The van der Waals surface area contributed by atoms with Gasteiger partial charge in [-0.05, 0) is 52.3 Å². The van der Waals surface area contributed by atoms with E-state index in [0.717, 1.165) is 11.1 Å². The third kappa shape index (κ3) is 2.22. The van der Waals surface area contributed by atoms with Crippen molar-refractivity contribution < 1.29 is 5.94 Å². The van der Waals surface area contributed by atoms with Crippen LogP contribution in [0.2, 0.25) is 0 Å². The second kappa shape index (κ2) is 5.78. The minimum absolute atomic E-state index is 0.133. The number of fused-ring (bicyclic) bond motifs is 2. The van der Waals surface area contributed by atoms with Crippen molar-refractivity contribution in [3.05, 3.63) is 89.1 Å². The first-order chi connectivity index (χ1) is 13.8. The Balaban J connectivity index is 2.03. The summed E-state index contributed by atoms with van der Waals surface area (Å²) in [7, 11) is 2.10. The molecule has 0 unspecified atom stereocenters. The Kier molecular flexibility index (Phi) is 3.32. The standard InChI is InChI=1S/C27H26N/c1-17-10-9-13-22-24(17)26-25-21(14-18(2)28(26)5)15-20(16-23(25)27(22,3)4)19-11-7-6-8-12-19/h6-16H,1-5H3/q+1/i14D. The number of benzene rings is 3. The van der Waals surface area contributed by atoms with Crippen LogP contribution < -0.4 is 4.57 Å². The van der Waals surface area contributed by atoms with Gasteiger partial charge in [0.1, 0.15) is 7.05 Å². The molecule has 1 aliphatic carbocycles. The summed E-state index contributed by atoms with van der Waals surface area (Å²) >= 11 is 0. The molecule has 0 saturated heterocycles. The van der Waals surface area contributed by atoms with Gasteiger partial charge in [-0.2, -0.15) is 4.57 Å². The number of pyridine rings is 1. The van der Waals surface area contributed by atoms with Gasteiger partial charge >= 0.3 is 0 Å². The molecule has 1 heteroatoms. The molecule has 1 nitrogen and oxygen atoms in total. The van der Waals surface area contributed by atoms with Crippen LogP contribution >= 0.6 is 0 Å². The summed E-state index contributed by atoms with van der Waals surface area (Å²) in [6.07, 6.45) is 0. The maximum Gasteiger partial charge on any atom is 0.221 e. The van der Waals surface area contributed by atoms with E-state index in [1.807, 2.05) is 0 Å². The quantitative estimate of drug-likeness (QED) is 0.351. The van der Waals surface area contributed by atoms with E-state index in [2.05, 4.69) is 100.0 Å². The average Bonchev–Trinajstić information content (AvgIpc) is 2.72. The monoisotopic (exact) mass is 365 g/mol. The Labute approximate surface area is 168 Å². The predicted molar refractivity (Wildman–Crippen MR) is 118 cm³/mol. The van der Waals surface area contributed by atoms with Crippen molar-refractivity contribution in [2.45, 2.75) is 33.1 Å². The number of rotatable bonds is 1. The Morgan fingerprint density at radius 3 is 2.36 bits per heavy atom. The van der Waals surface area contributed by atoms with Crippen LogP contribution in [0.25, 0.3) is 33.2 Å². The van der Waals surface area contributed by atoms with Gasteiger partial charge in [0.2, 0.25) is 5.69 Å². The van der Waals surface area contributed by atoms with Crippen LogP contribution in [0.3, 0.4) is 0 Å². The van der Waals surface area contributed by atoms with Gasteiger partial charge in [-0.15, -0.1) is 0 Å². The Morgan fingerprint density at radius 1 is 0.857 bits per heavy atom. The van der Waals surface area contributed by atoms with E-state index in [4.69, 9.17) is 1.37 Å². The first-order valence-corrected chi connectivity index (χ1v) is 9.95. The summed E-state index contributed by atoms with van der Waals surface area (Å²) in [5.74, 6) is 0. The molecule has 0 amide bonds. The molecule has 0 spiro atoms. The summed E-state index contributed by atoms with van der Waals surface area (Å²) in [4.78, 5) is 0. The van der Waals surface area contributed by atoms with Gasteiger partial charge in [-0.3, -0.25) is 0 Å². The third-order valence-electron chi connectivity index (χ3n) is 6.49. The second-order valence-corrected chi connectivity index (χ2v) is 8.55. The fraction of sp³-hybridized carbons (Fsp3) is 0.222. The van der Waals surface area contributed by atoms with Crippen LogP contribution in [0, 0.1) is 13.8 Å². The minimum Gasteiger partial charge on any atom is -0.198 e. The zero-order valence-electron chi connectivity index (χ0n) is 18.2. The van der Waals surface area contributed by atoms with Crippen LogP contribution in [-0.4, -0.2) is 0 Å². The molecule has 0 bridgehead atoms. The van der Waals surface area contributed by atoms with E-state index >= 15 is 0 Å². The third-order valence-corrected chi connectivity index (χ3v) is 6.49. The normalized spacial score (nSPS) is 14.7. The predicted octanol–water partition coefficient (Wildman–Crippen LogP) is 6.25. The molecule has 138 valence electrons. The van der Waals surface area contributed by atoms with E-state index in [0.29, 0.717) is 6.04 Å². The van der Waals surface area contributed by atoms with Crippen molar-refractivity contribution in [3.63, 3.8) is 0 Å². The molecule has 3 aromatic carbocycles. The first-order valence-electron chi connectivity index (χ1n) is 10.5. The highest BCUT2D eigenvalue weighted by Crippen LogP contribution is 2.49. The topological polar surface area (TPSA) is 3.88 Å². The van der Waals surface area contributed by atoms with E-state index in [-0.39, 0.29) is 5.41 Å². The van der Waals surface area contributed by atoms with Crippen molar-refractivity contribution in [1.82, 2.24) is 0 Å². The lowest BCUT2D eigenvalue weighted by molar-refractivity contribution is -0.665. The van der Waals surface area contributed by atoms with Gasteiger partial charge in [0.05, 0.1) is 12.3 Å². The maximum atomic E-state index is 8.93. The first kappa shape index (κ1) is 16.1. The zero-order chi connectivity index (χ0) is 20.5. The van der Waals surface area contributed by atoms with Crippen molar-refractivity contribution in [2.75, 3.05) is 0 Å². The molecule has 0 atom stereocenters. The summed E-state index contributed by atoms with van der Waals surface area (Å²) in [6.45, 7) is 8.90. The minimum atomic E-state index is -0.133. The number of aryl methyl sites for hydroxylation is 1. The zero-order valence-corrected chi connectivity index (χ0v) is 17.2. The van der Waals surface area contributed by atoms with E-state index in [9.17, 15) is 0 Å². The fourth-order valence-electron chi connectivity index (χ4n) is 4.84. The molecule has 1 aliphatic rings. The van der Waals surface area contributed by atoms with E-state index in [1.54, 1.807) is 0 Å². The molecular formula is C27H26N+. The summed E-state index contributed by atoms with van der Waals surface area (Å²) in [5, 5.41) is 2.28. The number of aromatic nitrogens is 1. The Hall–Kier alpha value is -2.93. The number of hydrogen-bond donors (Lipinski definition) is 0. The largest absolute Gasteiger partial charge is 0.221 e. The van der Waals surface area contributed by atoms with Gasteiger partial charge in [-0.25, -0.2) is 0 Å². The lowest BCUT2D eigenvalue weighted by Gasteiger charge is -2.34. The highest BCUT2D eigenvalue weighted by atomic mass is 14.9. The smallest absolute Gasteiger partial charge is 0.198 e. The van der Waals surface area contributed by atoms with Crippen LogP contribution in [-0.2, 0) is 12.5 Å². The lowest BCUT2D eigenvalue weighted by atomic mass is 9.68. The number of nitrogens with zero attached hydrogens (tertiary/aromatic N) is 1. The van der Waals surface area contributed by atoms with Crippen LogP contribution in [0.5, 0.6) is 0 Å². The SMILES string of the molecule is [2H]c1c(C)[n+](C)c2c3c(cc(-c4ccccc4)cc13)C(C)(C)c1cccc(C)c1-2. The molecule has 5 rings (SSSR count). The van der Waals surface area contributed by atoms with Crippen molar-refractivity contribution in [1.29, 1.82) is 0 Å². The average molecular weight is 366 g/mol. The molecular weight excluding hydrogens is 338 g/mol. The molecule has 0 saturated carbocycles. The van der Waals surface area contributed by atoms with Gasteiger partial charge < -0.3 is 0 Å². The second-order valence-electron chi connectivity index (χ2n) is 8.55. The van der Waals surface area contributed by atoms with Gasteiger partial charge in [-0.1, -0.05) is 62.4 Å². The van der Waals surface area contributed by atoms with Crippen molar-refractivity contribution >= 4 is 10.8 Å². The van der Waals surface area contributed by atoms with Gasteiger partial charge in [0, 0.05) is 18.4 Å². The summed E-state index contributed by atoms with van der Waals surface area (Å²) < 4.78 is 11.1. The molecule has 28 heavy (non-hydrogen) atoms. The van der Waals surface area contributed by atoms with Crippen molar-refractivity contribution in [2.24, 2.45) is 7.05 Å². The molecule has 1 aromatic heterocycles. The lowest BCUT2D eigenvalue weighted by Crippen LogP contribution is -2.38. The van der Waals surface area contributed by atoms with E-state index in [1.165, 1.54) is 44.5 Å².